The summed E-state index contributed by atoms with van der Waals surface area (Å²) in [6.45, 7) is 5.84. The highest BCUT2D eigenvalue weighted by atomic mass is 16.5. The molecule has 0 aliphatic rings. The fourth-order valence-corrected chi connectivity index (χ4v) is 1.56. The zero-order chi connectivity index (χ0) is 13.1. The molecule has 0 amide bonds. The van der Waals surface area contributed by atoms with Crippen molar-refractivity contribution in [3.8, 4) is 5.69 Å². The molecule has 0 aliphatic heterocycles. The lowest BCUT2D eigenvalue weighted by atomic mass is 10.2. The molecule has 1 heterocycles. The fourth-order valence-electron chi connectivity index (χ4n) is 1.56. The van der Waals surface area contributed by atoms with Crippen LogP contribution in [0.15, 0.2) is 24.3 Å². The van der Waals surface area contributed by atoms with E-state index in [2.05, 4.69) is 10.2 Å². The van der Waals surface area contributed by atoms with E-state index >= 15 is 0 Å². The van der Waals surface area contributed by atoms with E-state index in [0.717, 1.165) is 11.3 Å². The van der Waals surface area contributed by atoms with Gasteiger partial charge in [0.15, 0.2) is 5.69 Å². The van der Waals surface area contributed by atoms with Crippen molar-refractivity contribution in [3.63, 3.8) is 0 Å². The van der Waals surface area contributed by atoms with Crippen LogP contribution in [0.25, 0.3) is 5.69 Å². The van der Waals surface area contributed by atoms with Crippen LogP contribution in [0.2, 0.25) is 0 Å². The van der Waals surface area contributed by atoms with Crippen LogP contribution in [0.4, 0.5) is 0 Å². The highest BCUT2D eigenvalue weighted by molar-refractivity contribution is 5.88. The molecule has 2 aromatic rings. The first-order valence-corrected chi connectivity index (χ1v) is 5.80. The van der Waals surface area contributed by atoms with Crippen LogP contribution < -0.4 is 0 Å². The van der Waals surface area contributed by atoms with Gasteiger partial charge in [-0.05, 0) is 32.9 Å². The molecule has 94 valence electrons. The first-order chi connectivity index (χ1) is 8.61. The normalized spacial score (nSPS) is 10.4. The molecule has 0 unspecified atom stereocenters. The van der Waals surface area contributed by atoms with Crippen molar-refractivity contribution in [2.24, 2.45) is 0 Å². The standard InChI is InChI=1S/C13H15N3O2/c1-4-18-13(17)12-10(3)14-16(15-12)11-7-5-9(2)6-8-11/h5-8H,4H2,1-3H3. The predicted molar refractivity (Wildman–Crippen MR) is 66.8 cm³/mol. The zero-order valence-corrected chi connectivity index (χ0v) is 10.7. The van der Waals surface area contributed by atoms with Gasteiger partial charge in [-0.15, -0.1) is 5.10 Å². The second-order valence-electron chi connectivity index (χ2n) is 3.98. The van der Waals surface area contributed by atoms with Gasteiger partial charge in [0.05, 0.1) is 18.0 Å². The number of ether oxygens (including phenoxy) is 1. The SMILES string of the molecule is CCOC(=O)c1nn(-c2ccc(C)cc2)nc1C. The molecule has 0 atom stereocenters. The Morgan fingerprint density at radius 2 is 1.89 bits per heavy atom. The number of carbonyl (C=O) groups is 1. The van der Waals surface area contributed by atoms with E-state index in [0.29, 0.717) is 12.3 Å². The quantitative estimate of drug-likeness (QED) is 0.777. The van der Waals surface area contributed by atoms with Gasteiger partial charge in [0.25, 0.3) is 0 Å². The maximum absolute atomic E-state index is 11.6. The van der Waals surface area contributed by atoms with Crippen molar-refractivity contribution in [2.75, 3.05) is 6.61 Å². The average Bonchev–Trinajstić information content (AvgIpc) is 2.72. The molecule has 0 radical (unpaired) electrons. The first-order valence-electron chi connectivity index (χ1n) is 5.80. The molecular weight excluding hydrogens is 230 g/mol. The molecular formula is C13H15N3O2. The lowest BCUT2D eigenvalue weighted by molar-refractivity contribution is 0.0518. The van der Waals surface area contributed by atoms with Gasteiger partial charge in [-0.2, -0.15) is 9.90 Å². The molecule has 0 aliphatic carbocycles. The number of hydrogen-bond donors (Lipinski definition) is 0. The minimum Gasteiger partial charge on any atom is -0.461 e. The lowest BCUT2D eigenvalue weighted by Crippen LogP contribution is -2.07. The molecule has 5 nitrogen and oxygen atoms in total. The number of carbonyl (C=O) groups excluding carboxylic acids is 1. The lowest BCUT2D eigenvalue weighted by Gasteiger charge is -1.99. The topological polar surface area (TPSA) is 57.0 Å². The van der Waals surface area contributed by atoms with Crippen LogP contribution in [0.5, 0.6) is 0 Å². The number of benzene rings is 1. The maximum Gasteiger partial charge on any atom is 0.360 e. The Morgan fingerprint density at radius 1 is 1.22 bits per heavy atom. The predicted octanol–water partition coefficient (Wildman–Crippen LogP) is 2.06. The molecule has 0 N–H and O–H groups in total. The third-order valence-electron chi connectivity index (χ3n) is 2.52. The van der Waals surface area contributed by atoms with Crippen molar-refractivity contribution < 1.29 is 9.53 Å². The van der Waals surface area contributed by atoms with Gasteiger partial charge >= 0.3 is 5.97 Å². The van der Waals surface area contributed by atoms with E-state index in [9.17, 15) is 4.79 Å². The fraction of sp³-hybridized carbons (Fsp3) is 0.308. The van der Waals surface area contributed by atoms with Gasteiger partial charge < -0.3 is 4.74 Å². The van der Waals surface area contributed by atoms with Crippen molar-refractivity contribution in [1.29, 1.82) is 0 Å². The molecule has 0 saturated carbocycles. The van der Waals surface area contributed by atoms with Crippen LogP contribution in [-0.2, 0) is 4.74 Å². The second-order valence-corrected chi connectivity index (χ2v) is 3.98. The molecule has 0 fully saturated rings. The largest absolute Gasteiger partial charge is 0.461 e. The van der Waals surface area contributed by atoms with E-state index in [-0.39, 0.29) is 5.69 Å². The first kappa shape index (κ1) is 12.3. The van der Waals surface area contributed by atoms with Crippen LogP contribution in [0.3, 0.4) is 0 Å². The maximum atomic E-state index is 11.6. The Balaban J connectivity index is 2.34. The summed E-state index contributed by atoms with van der Waals surface area (Å²) in [5.41, 5.74) is 2.80. The molecule has 0 spiro atoms. The number of esters is 1. The molecule has 0 saturated heterocycles. The molecule has 2 rings (SSSR count). The second kappa shape index (κ2) is 5.00. The number of hydrogen-bond acceptors (Lipinski definition) is 4. The van der Waals surface area contributed by atoms with Crippen molar-refractivity contribution >= 4 is 5.97 Å². The number of nitrogens with zero attached hydrogens (tertiary/aromatic N) is 3. The summed E-state index contributed by atoms with van der Waals surface area (Å²) in [6.07, 6.45) is 0. The van der Waals surface area contributed by atoms with Crippen molar-refractivity contribution in [3.05, 3.63) is 41.2 Å². The number of aryl methyl sites for hydroxylation is 2. The highest BCUT2D eigenvalue weighted by Gasteiger charge is 2.17. The summed E-state index contributed by atoms with van der Waals surface area (Å²) in [4.78, 5) is 13.1. The van der Waals surface area contributed by atoms with Gasteiger partial charge in [-0.3, -0.25) is 0 Å². The van der Waals surface area contributed by atoms with Crippen molar-refractivity contribution in [1.82, 2.24) is 15.0 Å². The summed E-state index contributed by atoms with van der Waals surface area (Å²) in [5, 5.41) is 8.38. The molecule has 1 aromatic heterocycles. The van der Waals surface area contributed by atoms with Gasteiger partial charge in [0.2, 0.25) is 0 Å². The Morgan fingerprint density at radius 3 is 2.50 bits per heavy atom. The van der Waals surface area contributed by atoms with Gasteiger partial charge in [0.1, 0.15) is 0 Å². The summed E-state index contributed by atoms with van der Waals surface area (Å²) in [5.74, 6) is -0.437. The summed E-state index contributed by atoms with van der Waals surface area (Å²) < 4.78 is 4.92. The Bertz CT molecular complexity index is 558. The summed E-state index contributed by atoms with van der Waals surface area (Å²) >= 11 is 0. The average molecular weight is 245 g/mol. The van der Waals surface area contributed by atoms with E-state index in [1.54, 1.807) is 13.8 Å². The third kappa shape index (κ3) is 2.40. The molecule has 5 heteroatoms. The van der Waals surface area contributed by atoms with Gasteiger partial charge in [-0.1, -0.05) is 17.7 Å². The van der Waals surface area contributed by atoms with E-state index in [1.807, 2.05) is 31.2 Å². The zero-order valence-electron chi connectivity index (χ0n) is 10.7. The van der Waals surface area contributed by atoms with Crippen molar-refractivity contribution in [2.45, 2.75) is 20.8 Å². The van der Waals surface area contributed by atoms with Crippen LogP contribution in [0.1, 0.15) is 28.7 Å². The van der Waals surface area contributed by atoms with Gasteiger partial charge in [0, 0.05) is 0 Å². The Kier molecular flexibility index (Phi) is 3.41. The highest BCUT2D eigenvalue weighted by Crippen LogP contribution is 2.10. The Labute approximate surface area is 105 Å². The number of rotatable bonds is 3. The van der Waals surface area contributed by atoms with E-state index in [4.69, 9.17) is 4.74 Å². The number of aromatic nitrogens is 3. The van der Waals surface area contributed by atoms with Gasteiger partial charge in [-0.25, -0.2) is 4.79 Å². The van der Waals surface area contributed by atoms with E-state index < -0.39 is 5.97 Å². The molecule has 1 aromatic carbocycles. The minimum atomic E-state index is -0.437. The minimum absolute atomic E-state index is 0.262. The summed E-state index contributed by atoms with van der Waals surface area (Å²) in [7, 11) is 0. The molecule has 0 bridgehead atoms. The Hall–Kier alpha value is -2.17. The van der Waals surface area contributed by atoms with Crippen LogP contribution >= 0.6 is 0 Å². The monoisotopic (exact) mass is 245 g/mol. The van der Waals surface area contributed by atoms with Crippen LogP contribution in [0, 0.1) is 13.8 Å². The molecule has 18 heavy (non-hydrogen) atoms. The smallest absolute Gasteiger partial charge is 0.360 e. The third-order valence-corrected chi connectivity index (χ3v) is 2.52. The van der Waals surface area contributed by atoms with Crippen LogP contribution in [-0.4, -0.2) is 27.6 Å². The van der Waals surface area contributed by atoms with E-state index in [1.165, 1.54) is 4.80 Å². The summed E-state index contributed by atoms with van der Waals surface area (Å²) in [6, 6.07) is 7.75.